The van der Waals surface area contributed by atoms with Crippen LogP contribution in [-0.2, 0) is 4.79 Å². The third-order valence-electron chi connectivity index (χ3n) is 3.44. The highest BCUT2D eigenvalue weighted by molar-refractivity contribution is 5.85. The largest absolute Gasteiger partial charge is 0.391 e. The van der Waals surface area contributed by atoms with Gasteiger partial charge in [0.1, 0.15) is 0 Å². The Morgan fingerprint density at radius 3 is 2.58 bits per heavy atom. The van der Waals surface area contributed by atoms with Crippen LogP contribution in [-0.4, -0.2) is 32.2 Å². The first-order valence-corrected chi connectivity index (χ1v) is 6.41. The average molecular weight is 303 g/mol. The van der Waals surface area contributed by atoms with Gasteiger partial charge in [0.2, 0.25) is 5.91 Å². The summed E-state index contributed by atoms with van der Waals surface area (Å²) in [5.74, 6) is -1.33. The molecule has 1 saturated carbocycles. The van der Waals surface area contributed by atoms with Crippen molar-refractivity contribution in [3.63, 3.8) is 0 Å². The van der Waals surface area contributed by atoms with Gasteiger partial charge in [-0.2, -0.15) is 13.2 Å². The molecule has 0 aliphatic heterocycles. The summed E-state index contributed by atoms with van der Waals surface area (Å²) in [5, 5.41) is 5.57. The van der Waals surface area contributed by atoms with E-state index < -0.39 is 12.1 Å². The average Bonchev–Trinajstić information content (AvgIpc) is 2.33. The summed E-state index contributed by atoms with van der Waals surface area (Å²) >= 11 is 0. The number of alkyl halides is 3. The van der Waals surface area contributed by atoms with Crippen LogP contribution >= 0.6 is 12.4 Å². The van der Waals surface area contributed by atoms with Gasteiger partial charge in [0.25, 0.3) is 0 Å². The van der Waals surface area contributed by atoms with E-state index in [-0.39, 0.29) is 37.1 Å². The van der Waals surface area contributed by atoms with Gasteiger partial charge in [-0.3, -0.25) is 4.79 Å². The van der Waals surface area contributed by atoms with E-state index in [1.54, 1.807) is 7.05 Å². The smallest absolute Gasteiger partial charge is 0.356 e. The molecule has 0 aromatic heterocycles. The van der Waals surface area contributed by atoms with Crippen LogP contribution in [0.3, 0.4) is 0 Å². The molecular weight excluding hydrogens is 281 g/mol. The summed E-state index contributed by atoms with van der Waals surface area (Å²) in [4.78, 5) is 11.3. The molecule has 114 valence electrons. The first kappa shape index (κ1) is 18.5. The van der Waals surface area contributed by atoms with E-state index >= 15 is 0 Å². The molecule has 1 aliphatic rings. The second kappa shape index (κ2) is 8.64. The Kier molecular flexibility index (Phi) is 8.41. The Morgan fingerprint density at radius 2 is 2.00 bits per heavy atom. The summed E-state index contributed by atoms with van der Waals surface area (Å²) in [6.07, 6.45) is -1.97. The molecule has 0 radical (unpaired) electrons. The highest BCUT2D eigenvalue weighted by Crippen LogP contribution is 2.39. The van der Waals surface area contributed by atoms with E-state index in [1.165, 1.54) is 0 Å². The zero-order valence-electron chi connectivity index (χ0n) is 11.1. The predicted octanol–water partition coefficient (Wildman–Crippen LogP) is 2.50. The number of rotatable bonds is 5. The van der Waals surface area contributed by atoms with Crippen molar-refractivity contribution in [1.82, 2.24) is 10.6 Å². The summed E-state index contributed by atoms with van der Waals surface area (Å²) in [6, 6.07) is 0. The lowest BCUT2D eigenvalue weighted by molar-refractivity contribution is -0.185. The monoisotopic (exact) mass is 302 g/mol. The summed E-state index contributed by atoms with van der Waals surface area (Å²) in [7, 11) is 1.75. The van der Waals surface area contributed by atoms with Crippen LogP contribution in [0.1, 0.15) is 32.1 Å². The van der Waals surface area contributed by atoms with Crippen LogP contribution in [0.25, 0.3) is 0 Å². The van der Waals surface area contributed by atoms with Gasteiger partial charge in [-0.1, -0.05) is 6.42 Å². The fourth-order valence-electron chi connectivity index (χ4n) is 2.36. The van der Waals surface area contributed by atoms with Gasteiger partial charge in [0.15, 0.2) is 0 Å². The van der Waals surface area contributed by atoms with Crippen molar-refractivity contribution >= 4 is 18.3 Å². The SMILES string of the molecule is CNCCC(=O)NCC1CCCC(C(F)(F)F)C1.Cl. The van der Waals surface area contributed by atoms with Crippen molar-refractivity contribution < 1.29 is 18.0 Å². The van der Waals surface area contributed by atoms with E-state index in [4.69, 9.17) is 0 Å². The molecule has 0 heterocycles. The predicted molar refractivity (Wildman–Crippen MR) is 70.3 cm³/mol. The van der Waals surface area contributed by atoms with Crippen LogP contribution in [0.5, 0.6) is 0 Å². The van der Waals surface area contributed by atoms with Gasteiger partial charge in [-0.05, 0) is 32.2 Å². The molecule has 7 heteroatoms. The maximum Gasteiger partial charge on any atom is 0.391 e. The van der Waals surface area contributed by atoms with Gasteiger partial charge < -0.3 is 10.6 Å². The molecule has 0 spiro atoms. The van der Waals surface area contributed by atoms with E-state index in [9.17, 15) is 18.0 Å². The lowest BCUT2D eigenvalue weighted by atomic mass is 9.81. The van der Waals surface area contributed by atoms with Crippen molar-refractivity contribution in [2.75, 3.05) is 20.1 Å². The molecule has 0 aromatic rings. The summed E-state index contributed by atoms with van der Waals surface area (Å²) in [6.45, 7) is 0.955. The lowest BCUT2D eigenvalue weighted by Gasteiger charge is -2.30. The molecule has 0 bridgehead atoms. The molecule has 2 N–H and O–H groups in total. The molecule has 2 unspecified atom stereocenters. The number of amides is 1. The normalized spacial score (nSPS) is 23.6. The van der Waals surface area contributed by atoms with E-state index in [2.05, 4.69) is 10.6 Å². The number of carbonyl (C=O) groups excluding carboxylic acids is 1. The maximum absolute atomic E-state index is 12.6. The third kappa shape index (κ3) is 7.01. The molecule has 1 rings (SSSR count). The first-order chi connectivity index (χ1) is 8.43. The van der Waals surface area contributed by atoms with Crippen LogP contribution in [0, 0.1) is 11.8 Å². The molecule has 3 nitrogen and oxygen atoms in total. The van der Waals surface area contributed by atoms with Crippen molar-refractivity contribution in [2.45, 2.75) is 38.3 Å². The molecule has 1 amide bonds. The van der Waals surface area contributed by atoms with Crippen LogP contribution in [0.2, 0.25) is 0 Å². The molecule has 19 heavy (non-hydrogen) atoms. The Balaban J connectivity index is 0.00000324. The standard InChI is InChI=1S/C12H21F3N2O.ClH/c1-16-6-5-11(18)17-8-9-3-2-4-10(7-9)12(13,14)15;/h9-10,16H,2-8H2,1H3,(H,17,18);1H. The van der Waals surface area contributed by atoms with E-state index in [1.807, 2.05) is 0 Å². The number of nitrogens with one attached hydrogen (secondary N) is 2. The van der Waals surface area contributed by atoms with Crippen LogP contribution < -0.4 is 10.6 Å². The molecule has 2 atom stereocenters. The van der Waals surface area contributed by atoms with Crippen molar-refractivity contribution in [2.24, 2.45) is 11.8 Å². The van der Waals surface area contributed by atoms with Gasteiger partial charge in [-0.25, -0.2) is 0 Å². The van der Waals surface area contributed by atoms with Crippen molar-refractivity contribution in [3.8, 4) is 0 Å². The fraction of sp³-hybridized carbons (Fsp3) is 0.917. The topological polar surface area (TPSA) is 41.1 Å². The van der Waals surface area contributed by atoms with Gasteiger partial charge >= 0.3 is 6.18 Å². The second-order valence-corrected chi connectivity index (χ2v) is 4.93. The molecule has 1 aliphatic carbocycles. The van der Waals surface area contributed by atoms with E-state index in [0.29, 0.717) is 25.9 Å². The summed E-state index contributed by atoms with van der Waals surface area (Å²) < 4.78 is 37.8. The van der Waals surface area contributed by atoms with Crippen molar-refractivity contribution in [3.05, 3.63) is 0 Å². The number of carbonyl (C=O) groups is 1. The maximum atomic E-state index is 12.6. The number of hydrogen-bond acceptors (Lipinski definition) is 2. The Hall–Kier alpha value is -0.490. The summed E-state index contributed by atoms with van der Waals surface area (Å²) in [5.41, 5.74) is 0. The second-order valence-electron chi connectivity index (χ2n) is 4.93. The minimum atomic E-state index is -4.09. The minimum absolute atomic E-state index is 0. The molecule has 0 aromatic carbocycles. The zero-order chi connectivity index (χ0) is 13.6. The first-order valence-electron chi connectivity index (χ1n) is 6.41. The highest BCUT2D eigenvalue weighted by atomic mass is 35.5. The van der Waals surface area contributed by atoms with Crippen LogP contribution in [0.15, 0.2) is 0 Å². The van der Waals surface area contributed by atoms with Gasteiger partial charge in [0.05, 0.1) is 5.92 Å². The van der Waals surface area contributed by atoms with Crippen molar-refractivity contribution in [1.29, 1.82) is 0 Å². The molecule has 0 saturated heterocycles. The highest BCUT2D eigenvalue weighted by Gasteiger charge is 2.41. The number of hydrogen-bond donors (Lipinski definition) is 2. The molecular formula is C12H22ClF3N2O. The fourth-order valence-corrected chi connectivity index (χ4v) is 2.36. The van der Waals surface area contributed by atoms with E-state index in [0.717, 1.165) is 6.42 Å². The third-order valence-corrected chi connectivity index (χ3v) is 3.44. The van der Waals surface area contributed by atoms with Gasteiger partial charge in [-0.15, -0.1) is 12.4 Å². The minimum Gasteiger partial charge on any atom is -0.356 e. The van der Waals surface area contributed by atoms with Gasteiger partial charge in [0, 0.05) is 19.5 Å². The Bertz CT molecular complexity index is 274. The lowest BCUT2D eigenvalue weighted by Crippen LogP contribution is -2.36. The zero-order valence-corrected chi connectivity index (χ0v) is 11.9. The Morgan fingerprint density at radius 1 is 1.32 bits per heavy atom. The number of halogens is 4. The Labute approximate surface area is 118 Å². The molecule has 1 fully saturated rings. The quantitative estimate of drug-likeness (QED) is 0.819. The van der Waals surface area contributed by atoms with Crippen LogP contribution in [0.4, 0.5) is 13.2 Å².